The number of hydrogen-bond acceptors (Lipinski definition) is 2. The van der Waals surface area contributed by atoms with E-state index in [2.05, 4.69) is 31.2 Å². The van der Waals surface area contributed by atoms with Crippen molar-refractivity contribution in [2.24, 2.45) is 0 Å². The molecule has 1 fully saturated rings. The lowest BCUT2D eigenvalue weighted by atomic mass is 9.80. The Labute approximate surface area is 90.9 Å². The Morgan fingerprint density at radius 2 is 1.93 bits per heavy atom. The molecule has 2 nitrogen and oxygen atoms in total. The van der Waals surface area contributed by atoms with Crippen molar-refractivity contribution < 1.29 is 9.84 Å². The fourth-order valence-corrected chi connectivity index (χ4v) is 1.93. The van der Waals surface area contributed by atoms with Gasteiger partial charge in [0.25, 0.3) is 0 Å². The largest absolute Gasteiger partial charge is 0.396 e. The zero-order valence-corrected chi connectivity index (χ0v) is 9.20. The highest BCUT2D eigenvalue weighted by Crippen LogP contribution is 2.31. The highest BCUT2D eigenvalue weighted by atomic mass is 16.5. The molecule has 1 heterocycles. The molecule has 0 bridgehead atoms. The SMILES string of the molecule is CC1(c2ccc(CCCO)cc2)COC1. The molecular formula is C13H18O2. The molecule has 1 aliphatic rings. The van der Waals surface area contributed by atoms with Crippen LogP contribution < -0.4 is 0 Å². The lowest BCUT2D eigenvalue weighted by Crippen LogP contribution is -2.43. The fraction of sp³-hybridized carbons (Fsp3) is 0.538. The molecule has 0 saturated carbocycles. The summed E-state index contributed by atoms with van der Waals surface area (Å²) >= 11 is 0. The van der Waals surface area contributed by atoms with Crippen molar-refractivity contribution in [1.82, 2.24) is 0 Å². The van der Waals surface area contributed by atoms with E-state index in [-0.39, 0.29) is 12.0 Å². The maximum atomic E-state index is 8.74. The van der Waals surface area contributed by atoms with Gasteiger partial charge in [0.2, 0.25) is 0 Å². The quantitative estimate of drug-likeness (QED) is 0.815. The Morgan fingerprint density at radius 1 is 1.27 bits per heavy atom. The molecule has 15 heavy (non-hydrogen) atoms. The molecule has 1 aromatic carbocycles. The Balaban J connectivity index is 2.03. The van der Waals surface area contributed by atoms with Crippen LogP contribution in [0.5, 0.6) is 0 Å². The molecule has 0 radical (unpaired) electrons. The summed E-state index contributed by atoms with van der Waals surface area (Å²) in [6, 6.07) is 8.70. The standard InChI is InChI=1S/C13H18O2/c1-13(9-15-10-13)12-6-4-11(5-7-12)3-2-8-14/h4-7,14H,2-3,8-10H2,1H3. The average Bonchev–Trinajstić information content (AvgIpc) is 2.24. The molecule has 1 N–H and O–H groups in total. The second-order valence-electron chi connectivity index (χ2n) is 4.58. The molecule has 1 aliphatic heterocycles. The van der Waals surface area contributed by atoms with E-state index in [1.54, 1.807) is 0 Å². The van der Waals surface area contributed by atoms with Gasteiger partial charge in [-0.2, -0.15) is 0 Å². The van der Waals surface area contributed by atoms with E-state index in [1.807, 2.05) is 0 Å². The molecule has 82 valence electrons. The van der Waals surface area contributed by atoms with E-state index >= 15 is 0 Å². The molecule has 0 atom stereocenters. The number of hydrogen-bond donors (Lipinski definition) is 1. The van der Waals surface area contributed by atoms with Crippen molar-refractivity contribution >= 4 is 0 Å². The number of benzene rings is 1. The van der Waals surface area contributed by atoms with E-state index in [4.69, 9.17) is 9.84 Å². The highest BCUT2D eigenvalue weighted by Gasteiger charge is 2.34. The topological polar surface area (TPSA) is 29.5 Å². The maximum absolute atomic E-state index is 8.74. The average molecular weight is 206 g/mol. The van der Waals surface area contributed by atoms with Crippen molar-refractivity contribution in [3.05, 3.63) is 35.4 Å². The normalized spacial score (nSPS) is 18.5. The summed E-state index contributed by atoms with van der Waals surface area (Å²) < 4.78 is 5.25. The first-order chi connectivity index (χ1) is 7.24. The Bertz CT molecular complexity index is 312. The van der Waals surface area contributed by atoms with Gasteiger partial charge in [-0.3, -0.25) is 0 Å². The van der Waals surface area contributed by atoms with E-state index in [0.717, 1.165) is 26.1 Å². The van der Waals surface area contributed by atoms with Crippen LogP contribution in [0.2, 0.25) is 0 Å². The van der Waals surface area contributed by atoms with Gasteiger partial charge in [0.05, 0.1) is 13.2 Å². The van der Waals surface area contributed by atoms with Gasteiger partial charge >= 0.3 is 0 Å². The molecule has 1 saturated heterocycles. The molecule has 0 aromatic heterocycles. The minimum Gasteiger partial charge on any atom is -0.396 e. The third-order valence-corrected chi connectivity index (χ3v) is 3.12. The van der Waals surface area contributed by atoms with Crippen LogP contribution in [0.25, 0.3) is 0 Å². The Kier molecular flexibility index (Phi) is 3.08. The molecule has 0 aliphatic carbocycles. The van der Waals surface area contributed by atoms with Crippen molar-refractivity contribution in [2.45, 2.75) is 25.2 Å². The first-order valence-corrected chi connectivity index (χ1v) is 5.53. The molecule has 0 amide bonds. The summed E-state index contributed by atoms with van der Waals surface area (Å²) in [5.74, 6) is 0. The van der Waals surface area contributed by atoms with E-state index in [0.29, 0.717) is 0 Å². The number of aryl methyl sites for hydroxylation is 1. The minimum absolute atomic E-state index is 0.232. The van der Waals surface area contributed by atoms with Gasteiger partial charge in [-0.1, -0.05) is 31.2 Å². The van der Waals surface area contributed by atoms with Crippen LogP contribution in [0.1, 0.15) is 24.5 Å². The van der Waals surface area contributed by atoms with Crippen LogP contribution in [0.3, 0.4) is 0 Å². The lowest BCUT2D eigenvalue weighted by Gasteiger charge is -2.38. The highest BCUT2D eigenvalue weighted by molar-refractivity contribution is 5.30. The number of ether oxygens (including phenoxy) is 1. The predicted octanol–water partition coefficient (Wildman–Crippen LogP) is 1.90. The zero-order valence-electron chi connectivity index (χ0n) is 9.20. The number of rotatable bonds is 4. The van der Waals surface area contributed by atoms with Crippen LogP contribution in [0, 0.1) is 0 Å². The summed E-state index contributed by atoms with van der Waals surface area (Å²) in [4.78, 5) is 0. The fourth-order valence-electron chi connectivity index (χ4n) is 1.93. The Morgan fingerprint density at radius 3 is 2.40 bits per heavy atom. The maximum Gasteiger partial charge on any atom is 0.0582 e. The summed E-state index contributed by atoms with van der Waals surface area (Å²) in [5.41, 5.74) is 2.90. The van der Waals surface area contributed by atoms with E-state index < -0.39 is 0 Å². The third-order valence-electron chi connectivity index (χ3n) is 3.12. The molecule has 0 spiro atoms. The second kappa shape index (κ2) is 4.33. The van der Waals surface area contributed by atoms with Gasteiger partial charge in [-0.05, 0) is 24.0 Å². The van der Waals surface area contributed by atoms with Crippen LogP contribution in [0.15, 0.2) is 24.3 Å². The van der Waals surface area contributed by atoms with E-state index in [9.17, 15) is 0 Å². The lowest BCUT2D eigenvalue weighted by molar-refractivity contribution is -0.0500. The molecule has 1 aromatic rings. The smallest absolute Gasteiger partial charge is 0.0582 e. The van der Waals surface area contributed by atoms with Gasteiger partial charge in [0, 0.05) is 12.0 Å². The van der Waals surface area contributed by atoms with E-state index in [1.165, 1.54) is 11.1 Å². The molecule has 2 rings (SSSR count). The van der Waals surface area contributed by atoms with Crippen molar-refractivity contribution in [3.63, 3.8) is 0 Å². The van der Waals surface area contributed by atoms with Gasteiger partial charge in [-0.15, -0.1) is 0 Å². The number of aliphatic hydroxyl groups is 1. The van der Waals surface area contributed by atoms with Crippen molar-refractivity contribution in [2.75, 3.05) is 19.8 Å². The summed E-state index contributed by atoms with van der Waals surface area (Å²) in [6.07, 6.45) is 1.81. The first-order valence-electron chi connectivity index (χ1n) is 5.53. The molecule has 2 heteroatoms. The molecule has 0 unspecified atom stereocenters. The second-order valence-corrected chi connectivity index (χ2v) is 4.58. The summed E-state index contributed by atoms with van der Waals surface area (Å²) in [5, 5.41) is 8.74. The Hall–Kier alpha value is -0.860. The van der Waals surface area contributed by atoms with Gasteiger partial charge < -0.3 is 9.84 Å². The van der Waals surface area contributed by atoms with Crippen molar-refractivity contribution in [1.29, 1.82) is 0 Å². The summed E-state index contributed by atoms with van der Waals surface area (Å²) in [7, 11) is 0. The van der Waals surface area contributed by atoms with Gasteiger partial charge in [0.1, 0.15) is 0 Å². The predicted molar refractivity (Wildman–Crippen MR) is 60.0 cm³/mol. The van der Waals surface area contributed by atoms with Crippen molar-refractivity contribution in [3.8, 4) is 0 Å². The summed E-state index contributed by atoms with van der Waals surface area (Å²) in [6.45, 7) is 4.18. The van der Waals surface area contributed by atoms with Crippen LogP contribution in [0.4, 0.5) is 0 Å². The van der Waals surface area contributed by atoms with Crippen LogP contribution in [-0.2, 0) is 16.6 Å². The number of aliphatic hydroxyl groups excluding tert-OH is 1. The van der Waals surface area contributed by atoms with Crippen LogP contribution in [-0.4, -0.2) is 24.9 Å². The van der Waals surface area contributed by atoms with Gasteiger partial charge in [-0.25, -0.2) is 0 Å². The monoisotopic (exact) mass is 206 g/mol. The minimum atomic E-state index is 0.232. The molecular weight excluding hydrogens is 188 g/mol. The zero-order chi connectivity index (χ0) is 10.7. The first kappa shape index (κ1) is 10.7. The third kappa shape index (κ3) is 2.21. The van der Waals surface area contributed by atoms with Gasteiger partial charge in [0.15, 0.2) is 0 Å². The van der Waals surface area contributed by atoms with Crippen LogP contribution >= 0.6 is 0 Å².